The Bertz CT molecular complexity index is 400. The van der Waals surface area contributed by atoms with Gasteiger partial charge in [-0.15, -0.1) is 0 Å². The van der Waals surface area contributed by atoms with Crippen LogP contribution in [0.2, 0.25) is 0 Å². The minimum Gasteiger partial charge on any atom is -0.423 e. The van der Waals surface area contributed by atoms with Gasteiger partial charge >= 0.3 is 11.9 Å². The maximum atomic E-state index is 12.8. The van der Waals surface area contributed by atoms with E-state index in [1.165, 1.54) is 19.9 Å². The van der Waals surface area contributed by atoms with Gasteiger partial charge in [-0.2, -0.15) is 0 Å². The summed E-state index contributed by atoms with van der Waals surface area (Å²) in [7, 11) is 0. The van der Waals surface area contributed by atoms with E-state index < -0.39 is 17.8 Å². The highest BCUT2D eigenvalue weighted by atomic mass is 19.1. The molecule has 0 N–H and O–H groups in total. The summed E-state index contributed by atoms with van der Waals surface area (Å²) < 4.78 is 22.2. The summed E-state index contributed by atoms with van der Waals surface area (Å²) in [6.45, 7) is 2.36. The maximum Gasteiger partial charge on any atom is 0.308 e. The maximum absolute atomic E-state index is 12.8. The number of benzene rings is 1. The van der Waals surface area contributed by atoms with Crippen LogP contribution in [0.5, 0.6) is 11.5 Å². The van der Waals surface area contributed by atoms with E-state index in [0.29, 0.717) is 0 Å². The Kier molecular flexibility index (Phi) is 3.38. The van der Waals surface area contributed by atoms with Gasteiger partial charge in [-0.25, -0.2) is 4.39 Å². The average molecular weight is 212 g/mol. The summed E-state index contributed by atoms with van der Waals surface area (Å²) in [5.41, 5.74) is 0. The van der Waals surface area contributed by atoms with Gasteiger partial charge in [0.05, 0.1) is 0 Å². The summed E-state index contributed by atoms with van der Waals surface area (Å²) >= 11 is 0. The van der Waals surface area contributed by atoms with E-state index in [1.54, 1.807) is 0 Å². The van der Waals surface area contributed by atoms with Gasteiger partial charge in [0.1, 0.15) is 5.82 Å². The van der Waals surface area contributed by atoms with Crippen LogP contribution < -0.4 is 9.47 Å². The first kappa shape index (κ1) is 11.2. The second-order valence-corrected chi connectivity index (χ2v) is 2.78. The zero-order valence-corrected chi connectivity index (χ0v) is 8.24. The molecule has 0 saturated heterocycles. The normalized spacial score (nSPS) is 9.53. The number of halogens is 1. The van der Waals surface area contributed by atoms with Crippen LogP contribution in [0, 0.1) is 5.82 Å². The first-order chi connectivity index (χ1) is 6.99. The fourth-order valence-electron chi connectivity index (χ4n) is 0.956. The van der Waals surface area contributed by atoms with Crippen molar-refractivity contribution in [2.45, 2.75) is 13.8 Å². The Labute approximate surface area is 85.6 Å². The molecule has 1 aromatic rings. The Morgan fingerprint density at radius 1 is 1.07 bits per heavy atom. The Balaban J connectivity index is 3.02. The first-order valence-corrected chi connectivity index (χ1v) is 4.15. The molecule has 4 nitrogen and oxygen atoms in total. The molecule has 0 atom stereocenters. The summed E-state index contributed by atoms with van der Waals surface area (Å²) in [6, 6.07) is 3.29. The van der Waals surface area contributed by atoms with Crippen LogP contribution >= 0.6 is 0 Å². The van der Waals surface area contributed by atoms with E-state index in [1.807, 2.05) is 0 Å². The quantitative estimate of drug-likeness (QED) is 0.552. The third kappa shape index (κ3) is 3.38. The average Bonchev–Trinajstić information content (AvgIpc) is 2.08. The number of ether oxygens (including phenoxy) is 2. The summed E-state index contributed by atoms with van der Waals surface area (Å²) in [4.78, 5) is 21.4. The van der Waals surface area contributed by atoms with Crippen molar-refractivity contribution in [2.75, 3.05) is 0 Å². The molecule has 0 saturated carbocycles. The molecule has 5 heteroatoms. The van der Waals surface area contributed by atoms with Gasteiger partial charge in [0.25, 0.3) is 0 Å². The van der Waals surface area contributed by atoms with Gasteiger partial charge in [-0.3, -0.25) is 9.59 Å². The molecule has 15 heavy (non-hydrogen) atoms. The lowest BCUT2D eigenvalue weighted by Gasteiger charge is -2.07. The monoisotopic (exact) mass is 212 g/mol. The van der Waals surface area contributed by atoms with E-state index >= 15 is 0 Å². The number of rotatable bonds is 2. The highest BCUT2D eigenvalue weighted by molar-refractivity contribution is 5.73. The molecular formula is C10H9FO4. The third-order valence-corrected chi connectivity index (χ3v) is 1.41. The second kappa shape index (κ2) is 4.54. The summed E-state index contributed by atoms with van der Waals surface area (Å²) in [5, 5.41) is 0. The number of carbonyl (C=O) groups excluding carboxylic acids is 2. The van der Waals surface area contributed by atoms with Crippen LogP contribution in [0.3, 0.4) is 0 Å². The molecule has 80 valence electrons. The Morgan fingerprint density at radius 2 is 1.60 bits per heavy atom. The van der Waals surface area contributed by atoms with Crippen LogP contribution in [0.15, 0.2) is 18.2 Å². The van der Waals surface area contributed by atoms with E-state index in [2.05, 4.69) is 4.74 Å². The van der Waals surface area contributed by atoms with Crippen molar-refractivity contribution in [2.24, 2.45) is 0 Å². The zero-order chi connectivity index (χ0) is 11.4. The van der Waals surface area contributed by atoms with Crippen molar-refractivity contribution >= 4 is 11.9 Å². The molecule has 0 heterocycles. The standard InChI is InChI=1S/C10H9FO4/c1-6(12)14-9-4-3-8(11)5-10(9)15-7(2)13/h3-5H,1-2H3. The highest BCUT2D eigenvalue weighted by Crippen LogP contribution is 2.28. The van der Waals surface area contributed by atoms with Gasteiger partial charge < -0.3 is 9.47 Å². The van der Waals surface area contributed by atoms with E-state index in [9.17, 15) is 14.0 Å². The molecule has 0 aliphatic heterocycles. The van der Waals surface area contributed by atoms with Crippen molar-refractivity contribution in [3.8, 4) is 11.5 Å². The number of esters is 2. The lowest BCUT2D eigenvalue weighted by atomic mass is 10.3. The lowest BCUT2D eigenvalue weighted by Crippen LogP contribution is -2.07. The third-order valence-electron chi connectivity index (χ3n) is 1.41. The van der Waals surface area contributed by atoms with Gasteiger partial charge in [0.2, 0.25) is 0 Å². The molecule has 1 rings (SSSR count). The number of carbonyl (C=O) groups is 2. The molecule has 0 amide bonds. The fourth-order valence-corrected chi connectivity index (χ4v) is 0.956. The smallest absolute Gasteiger partial charge is 0.308 e. The SMILES string of the molecule is CC(=O)Oc1ccc(F)cc1OC(C)=O. The molecule has 0 radical (unpaired) electrons. The van der Waals surface area contributed by atoms with Crippen LogP contribution in [0.4, 0.5) is 4.39 Å². The second-order valence-electron chi connectivity index (χ2n) is 2.78. The topological polar surface area (TPSA) is 52.6 Å². The van der Waals surface area contributed by atoms with Crippen LogP contribution in [-0.2, 0) is 9.59 Å². The van der Waals surface area contributed by atoms with Crippen molar-refractivity contribution in [1.82, 2.24) is 0 Å². The van der Waals surface area contributed by atoms with Crippen LogP contribution in [0.25, 0.3) is 0 Å². The van der Waals surface area contributed by atoms with Crippen LogP contribution in [0.1, 0.15) is 13.8 Å². The summed E-state index contributed by atoms with van der Waals surface area (Å²) in [5.74, 6) is -1.87. The van der Waals surface area contributed by atoms with Gasteiger partial charge in [-0.1, -0.05) is 0 Å². The molecule has 1 aromatic carbocycles. The first-order valence-electron chi connectivity index (χ1n) is 4.15. The van der Waals surface area contributed by atoms with E-state index in [4.69, 9.17) is 4.74 Å². The largest absolute Gasteiger partial charge is 0.423 e. The van der Waals surface area contributed by atoms with Crippen molar-refractivity contribution in [1.29, 1.82) is 0 Å². The van der Waals surface area contributed by atoms with E-state index in [0.717, 1.165) is 12.1 Å². The van der Waals surface area contributed by atoms with E-state index in [-0.39, 0.29) is 11.5 Å². The Morgan fingerprint density at radius 3 is 2.13 bits per heavy atom. The molecule has 0 fully saturated rings. The molecular weight excluding hydrogens is 203 g/mol. The van der Waals surface area contributed by atoms with Gasteiger partial charge in [-0.05, 0) is 12.1 Å². The minimum atomic E-state index is -0.617. The molecule has 0 spiro atoms. The molecule has 0 unspecified atom stereocenters. The molecule has 0 aliphatic rings. The predicted molar refractivity (Wildman–Crippen MR) is 49.0 cm³/mol. The summed E-state index contributed by atoms with van der Waals surface area (Å²) in [6.07, 6.45) is 0. The van der Waals surface area contributed by atoms with Crippen molar-refractivity contribution in [3.63, 3.8) is 0 Å². The molecule has 0 bridgehead atoms. The van der Waals surface area contributed by atoms with Crippen molar-refractivity contribution < 1.29 is 23.5 Å². The van der Waals surface area contributed by atoms with Crippen LogP contribution in [-0.4, -0.2) is 11.9 Å². The Hall–Kier alpha value is -1.91. The number of hydrogen-bond donors (Lipinski definition) is 0. The zero-order valence-electron chi connectivity index (χ0n) is 8.24. The number of hydrogen-bond acceptors (Lipinski definition) is 4. The van der Waals surface area contributed by atoms with Crippen molar-refractivity contribution in [3.05, 3.63) is 24.0 Å². The predicted octanol–water partition coefficient (Wildman–Crippen LogP) is 1.68. The minimum absolute atomic E-state index is 0.0131. The van der Waals surface area contributed by atoms with Gasteiger partial charge in [0, 0.05) is 19.9 Å². The highest BCUT2D eigenvalue weighted by Gasteiger charge is 2.10. The van der Waals surface area contributed by atoms with Gasteiger partial charge in [0.15, 0.2) is 11.5 Å². The molecule has 0 aliphatic carbocycles. The fraction of sp³-hybridized carbons (Fsp3) is 0.200. The lowest BCUT2D eigenvalue weighted by molar-refractivity contribution is -0.134. The molecule has 0 aromatic heterocycles.